The van der Waals surface area contributed by atoms with E-state index >= 15 is 0 Å². The largest absolute Gasteiger partial charge is 0.397 e. The molecule has 1 aliphatic rings. The third-order valence-electron chi connectivity index (χ3n) is 2.93. The van der Waals surface area contributed by atoms with Gasteiger partial charge in [0.15, 0.2) is 0 Å². The number of hydrogen-bond donors (Lipinski definition) is 1. The Morgan fingerprint density at radius 3 is 2.83 bits per heavy atom. The van der Waals surface area contributed by atoms with E-state index in [0.717, 1.165) is 18.1 Å². The fraction of sp³-hybridized carbons (Fsp3) is 0.417. The first-order valence-electron chi connectivity index (χ1n) is 5.64. The maximum absolute atomic E-state index is 12.4. The maximum Gasteiger partial charge on any atom is 0.254 e. The Kier molecular flexibility index (Phi) is 4.30. The predicted octanol–water partition coefficient (Wildman–Crippen LogP) is 3.15. The summed E-state index contributed by atoms with van der Waals surface area (Å²) >= 11 is 13.7. The number of thioether (sulfide) groups is 1. The van der Waals surface area contributed by atoms with Crippen molar-refractivity contribution in [3.8, 4) is 0 Å². The van der Waals surface area contributed by atoms with E-state index in [1.54, 1.807) is 12.1 Å². The number of carbonyl (C=O) groups is 1. The van der Waals surface area contributed by atoms with Gasteiger partial charge in [-0.05, 0) is 19.1 Å². The Hall–Kier alpha value is -0.580. The van der Waals surface area contributed by atoms with Gasteiger partial charge in [0, 0.05) is 29.7 Å². The number of halogens is 2. The van der Waals surface area contributed by atoms with Gasteiger partial charge in [-0.25, -0.2) is 0 Å². The van der Waals surface area contributed by atoms with Crippen molar-refractivity contribution in [2.24, 2.45) is 0 Å². The summed E-state index contributed by atoms with van der Waals surface area (Å²) in [6.45, 7) is 2.80. The van der Waals surface area contributed by atoms with Gasteiger partial charge in [0.2, 0.25) is 0 Å². The van der Waals surface area contributed by atoms with Crippen molar-refractivity contribution >= 4 is 46.6 Å². The Morgan fingerprint density at radius 1 is 1.50 bits per heavy atom. The van der Waals surface area contributed by atoms with Crippen LogP contribution in [0.2, 0.25) is 10.0 Å². The Bertz CT molecular complexity index is 458. The molecule has 1 atom stereocenters. The van der Waals surface area contributed by atoms with Crippen molar-refractivity contribution in [3.05, 3.63) is 27.7 Å². The van der Waals surface area contributed by atoms with Crippen molar-refractivity contribution in [1.29, 1.82) is 0 Å². The van der Waals surface area contributed by atoms with Gasteiger partial charge in [-0.2, -0.15) is 11.8 Å². The zero-order chi connectivity index (χ0) is 13.3. The highest BCUT2D eigenvalue weighted by molar-refractivity contribution is 7.99. The Morgan fingerprint density at radius 2 is 2.22 bits per heavy atom. The third kappa shape index (κ3) is 2.71. The van der Waals surface area contributed by atoms with Crippen molar-refractivity contribution in [1.82, 2.24) is 4.90 Å². The van der Waals surface area contributed by atoms with E-state index in [4.69, 9.17) is 28.9 Å². The van der Waals surface area contributed by atoms with Gasteiger partial charge in [-0.15, -0.1) is 0 Å². The van der Waals surface area contributed by atoms with Gasteiger partial charge < -0.3 is 10.6 Å². The van der Waals surface area contributed by atoms with Crippen LogP contribution < -0.4 is 5.73 Å². The summed E-state index contributed by atoms with van der Waals surface area (Å²) in [6, 6.07) is 3.40. The minimum atomic E-state index is -0.0342. The zero-order valence-corrected chi connectivity index (χ0v) is 12.3. The summed E-state index contributed by atoms with van der Waals surface area (Å²) in [5.41, 5.74) is 6.57. The lowest BCUT2D eigenvalue weighted by molar-refractivity contribution is 0.0716. The van der Waals surface area contributed by atoms with Gasteiger partial charge in [0.25, 0.3) is 5.91 Å². The molecule has 1 unspecified atom stereocenters. The topological polar surface area (TPSA) is 46.3 Å². The molecule has 98 valence electrons. The number of carbonyl (C=O) groups excluding carboxylic acids is 1. The number of amides is 1. The van der Waals surface area contributed by atoms with Crippen LogP contribution >= 0.6 is 35.0 Å². The third-order valence-corrected chi connectivity index (χ3v) is 4.94. The van der Waals surface area contributed by atoms with Crippen LogP contribution in [0.4, 0.5) is 5.69 Å². The second-order valence-corrected chi connectivity index (χ2v) is 6.22. The normalized spacial score (nSPS) is 19.9. The molecule has 1 amide bonds. The molecular weight excluding hydrogens is 291 g/mol. The summed E-state index contributed by atoms with van der Waals surface area (Å²) in [7, 11) is 0. The number of anilines is 1. The molecule has 1 heterocycles. The smallest absolute Gasteiger partial charge is 0.254 e. The molecule has 6 heteroatoms. The molecule has 18 heavy (non-hydrogen) atoms. The van der Waals surface area contributed by atoms with Crippen LogP contribution in [-0.2, 0) is 0 Å². The van der Waals surface area contributed by atoms with Crippen molar-refractivity contribution in [3.63, 3.8) is 0 Å². The summed E-state index contributed by atoms with van der Waals surface area (Å²) in [4.78, 5) is 14.2. The molecule has 2 rings (SSSR count). The van der Waals surface area contributed by atoms with Crippen LogP contribution in [0.5, 0.6) is 0 Å². The average molecular weight is 305 g/mol. The summed E-state index contributed by atoms with van der Waals surface area (Å²) in [5.74, 6) is 1.89. The standard InChI is InChI=1S/C12H14Cl2N2OS/c1-7-6-18-3-2-16(7)12(17)8-4-9(13)11(14)10(15)5-8/h4-5,7H,2-3,6,15H2,1H3. The lowest BCUT2D eigenvalue weighted by atomic mass is 10.1. The van der Waals surface area contributed by atoms with E-state index < -0.39 is 0 Å². The molecule has 1 fully saturated rings. The quantitative estimate of drug-likeness (QED) is 0.811. The average Bonchev–Trinajstić information content (AvgIpc) is 2.35. The highest BCUT2D eigenvalue weighted by Crippen LogP contribution is 2.30. The van der Waals surface area contributed by atoms with Crippen LogP contribution in [0, 0.1) is 0 Å². The first kappa shape index (κ1) is 13.8. The highest BCUT2D eigenvalue weighted by Gasteiger charge is 2.25. The lowest BCUT2D eigenvalue weighted by Crippen LogP contribution is -2.44. The minimum Gasteiger partial charge on any atom is -0.397 e. The number of rotatable bonds is 1. The Labute approximate surface area is 121 Å². The molecule has 0 saturated carbocycles. The van der Waals surface area contributed by atoms with E-state index in [9.17, 15) is 4.79 Å². The second kappa shape index (κ2) is 5.59. The number of nitrogen functional groups attached to an aromatic ring is 1. The molecule has 3 nitrogen and oxygen atoms in total. The monoisotopic (exact) mass is 304 g/mol. The van der Waals surface area contributed by atoms with E-state index in [1.165, 1.54) is 0 Å². The van der Waals surface area contributed by atoms with Gasteiger partial charge in [0.1, 0.15) is 0 Å². The van der Waals surface area contributed by atoms with E-state index in [2.05, 4.69) is 0 Å². The van der Waals surface area contributed by atoms with Crippen molar-refractivity contribution in [2.75, 3.05) is 23.8 Å². The molecule has 2 N–H and O–H groups in total. The van der Waals surface area contributed by atoms with E-state index in [0.29, 0.717) is 21.3 Å². The SMILES string of the molecule is CC1CSCCN1C(=O)c1cc(N)c(Cl)c(Cl)c1. The summed E-state index contributed by atoms with van der Waals surface area (Å²) < 4.78 is 0. The fourth-order valence-corrected chi connectivity index (χ4v) is 3.28. The number of benzene rings is 1. The molecule has 0 aromatic heterocycles. The van der Waals surface area contributed by atoms with Crippen LogP contribution in [0.1, 0.15) is 17.3 Å². The lowest BCUT2D eigenvalue weighted by Gasteiger charge is -2.33. The van der Waals surface area contributed by atoms with Gasteiger partial charge in [-0.1, -0.05) is 23.2 Å². The predicted molar refractivity (Wildman–Crippen MR) is 78.7 cm³/mol. The summed E-state index contributed by atoms with van der Waals surface area (Å²) in [5, 5.41) is 0.620. The van der Waals surface area contributed by atoms with E-state index in [-0.39, 0.29) is 11.9 Å². The van der Waals surface area contributed by atoms with Gasteiger partial charge >= 0.3 is 0 Å². The van der Waals surface area contributed by atoms with E-state index in [1.807, 2.05) is 23.6 Å². The molecule has 1 aromatic rings. The molecule has 1 saturated heterocycles. The summed E-state index contributed by atoms with van der Waals surface area (Å²) in [6.07, 6.45) is 0. The molecule has 1 aliphatic heterocycles. The maximum atomic E-state index is 12.4. The molecular formula is C12H14Cl2N2OS. The van der Waals surface area contributed by atoms with Crippen molar-refractivity contribution < 1.29 is 4.79 Å². The number of hydrogen-bond acceptors (Lipinski definition) is 3. The molecule has 0 radical (unpaired) electrons. The highest BCUT2D eigenvalue weighted by atomic mass is 35.5. The fourth-order valence-electron chi connectivity index (χ4n) is 1.93. The second-order valence-electron chi connectivity index (χ2n) is 4.28. The molecule has 0 aliphatic carbocycles. The minimum absolute atomic E-state index is 0.0342. The zero-order valence-electron chi connectivity index (χ0n) is 9.95. The van der Waals surface area contributed by atoms with Crippen LogP contribution in [0.15, 0.2) is 12.1 Å². The first-order chi connectivity index (χ1) is 8.50. The van der Waals surface area contributed by atoms with Crippen molar-refractivity contribution in [2.45, 2.75) is 13.0 Å². The van der Waals surface area contributed by atoms with Gasteiger partial charge in [0.05, 0.1) is 15.7 Å². The first-order valence-corrected chi connectivity index (χ1v) is 7.55. The molecule has 1 aromatic carbocycles. The van der Waals surface area contributed by atoms with Crippen LogP contribution in [0.3, 0.4) is 0 Å². The number of nitrogens with zero attached hydrogens (tertiary/aromatic N) is 1. The number of nitrogens with two attached hydrogens (primary N) is 1. The molecule has 0 bridgehead atoms. The van der Waals surface area contributed by atoms with Crippen LogP contribution in [0.25, 0.3) is 0 Å². The Balaban J connectivity index is 2.28. The van der Waals surface area contributed by atoms with Crippen LogP contribution in [-0.4, -0.2) is 34.9 Å². The molecule has 0 spiro atoms. The van der Waals surface area contributed by atoms with Gasteiger partial charge in [-0.3, -0.25) is 4.79 Å².